The first-order valence-corrected chi connectivity index (χ1v) is 9.73. The fourth-order valence-corrected chi connectivity index (χ4v) is 4.81. The molecular formula is C15H23BrN2O2S. The van der Waals surface area contributed by atoms with Crippen molar-refractivity contribution in [1.29, 1.82) is 0 Å². The standard InChI is InChI=1S/C15H23BrN2O2S/c1-13(12-18-9-5-2-6-10-18)11-17-21(19,20)15-8-4-3-7-14(15)16/h3-4,7-8,13,17H,2,5-6,9-12H2,1H3. The van der Waals surface area contributed by atoms with Gasteiger partial charge in [-0.15, -0.1) is 0 Å². The van der Waals surface area contributed by atoms with Crippen molar-refractivity contribution in [1.82, 2.24) is 9.62 Å². The van der Waals surface area contributed by atoms with Gasteiger partial charge in [0.1, 0.15) is 0 Å². The SMILES string of the molecule is CC(CNS(=O)(=O)c1ccccc1Br)CN1CCCCC1. The number of rotatable bonds is 6. The fraction of sp³-hybridized carbons (Fsp3) is 0.600. The molecule has 0 aromatic heterocycles. The highest BCUT2D eigenvalue weighted by Gasteiger charge is 2.19. The molecule has 1 saturated heterocycles. The Balaban J connectivity index is 1.88. The molecule has 1 aliphatic rings. The van der Waals surface area contributed by atoms with Gasteiger partial charge in [-0.1, -0.05) is 25.5 Å². The number of halogens is 1. The Hall–Kier alpha value is -0.430. The van der Waals surface area contributed by atoms with Crippen LogP contribution >= 0.6 is 15.9 Å². The van der Waals surface area contributed by atoms with Gasteiger partial charge in [-0.3, -0.25) is 0 Å². The normalized spacial score (nSPS) is 18.6. The maximum atomic E-state index is 12.3. The van der Waals surface area contributed by atoms with Crippen LogP contribution < -0.4 is 4.72 Å². The van der Waals surface area contributed by atoms with Gasteiger partial charge in [0.15, 0.2) is 0 Å². The van der Waals surface area contributed by atoms with Gasteiger partial charge in [0, 0.05) is 17.6 Å². The van der Waals surface area contributed by atoms with Gasteiger partial charge in [-0.05, 0) is 59.9 Å². The van der Waals surface area contributed by atoms with Crippen molar-refractivity contribution < 1.29 is 8.42 Å². The molecule has 1 unspecified atom stereocenters. The lowest BCUT2D eigenvalue weighted by atomic mass is 10.1. The molecule has 6 heteroatoms. The van der Waals surface area contributed by atoms with Crippen molar-refractivity contribution in [3.63, 3.8) is 0 Å². The highest BCUT2D eigenvalue weighted by molar-refractivity contribution is 9.10. The van der Waals surface area contributed by atoms with Gasteiger partial charge in [0.25, 0.3) is 0 Å². The van der Waals surface area contributed by atoms with E-state index < -0.39 is 10.0 Å². The highest BCUT2D eigenvalue weighted by Crippen LogP contribution is 2.21. The van der Waals surface area contributed by atoms with Crippen molar-refractivity contribution in [3.05, 3.63) is 28.7 Å². The van der Waals surface area contributed by atoms with Crippen LogP contribution in [0.3, 0.4) is 0 Å². The van der Waals surface area contributed by atoms with Crippen LogP contribution in [-0.4, -0.2) is 39.5 Å². The number of hydrogen-bond donors (Lipinski definition) is 1. The Kier molecular flexibility index (Phi) is 6.22. The van der Waals surface area contributed by atoms with Crippen LogP contribution in [0, 0.1) is 5.92 Å². The van der Waals surface area contributed by atoms with Gasteiger partial charge in [-0.2, -0.15) is 0 Å². The van der Waals surface area contributed by atoms with E-state index in [0.717, 1.165) is 19.6 Å². The lowest BCUT2D eigenvalue weighted by Crippen LogP contribution is -2.38. The predicted octanol–water partition coefficient (Wildman–Crippen LogP) is 2.85. The Morgan fingerprint density at radius 3 is 2.57 bits per heavy atom. The van der Waals surface area contributed by atoms with E-state index >= 15 is 0 Å². The molecule has 4 nitrogen and oxygen atoms in total. The van der Waals surface area contributed by atoms with Gasteiger partial charge in [-0.25, -0.2) is 13.1 Å². The first-order valence-electron chi connectivity index (χ1n) is 7.45. The van der Waals surface area contributed by atoms with E-state index in [0.29, 0.717) is 21.8 Å². The highest BCUT2D eigenvalue weighted by atomic mass is 79.9. The van der Waals surface area contributed by atoms with Gasteiger partial charge < -0.3 is 4.90 Å². The zero-order chi connectivity index (χ0) is 15.3. The van der Waals surface area contributed by atoms with Crippen LogP contribution in [0.25, 0.3) is 0 Å². The van der Waals surface area contributed by atoms with E-state index in [-0.39, 0.29) is 0 Å². The summed E-state index contributed by atoms with van der Waals surface area (Å²) in [5.41, 5.74) is 0. The lowest BCUT2D eigenvalue weighted by Gasteiger charge is -2.29. The molecule has 0 amide bonds. The van der Waals surface area contributed by atoms with Crippen molar-refractivity contribution in [3.8, 4) is 0 Å². The molecule has 1 aromatic rings. The molecule has 1 aliphatic heterocycles. The molecule has 0 bridgehead atoms. The van der Waals surface area contributed by atoms with Gasteiger partial charge >= 0.3 is 0 Å². The maximum absolute atomic E-state index is 12.3. The largest absolute Gasteiger partial charge is 0.303 e. The number of benzene rings is 1. The fourth-order valence-electron chi connectivity index (χ4n) is 2.64. The maximum Gasteiger partial charge on any atom is 0.241 e. The molecule has 0 saturated carbocycles. The molecule has 1 fully saturated rings. The van der Waals surface area contributed by atoms with Crippen LogP contribution in [0.4, 0.5) is 0 Å². The summed E-state index contributed by atoms with van der Waals surface area (Å²) in [5.74, 6) is 0.306. The van der Waals surface area contributed by atoms with Crippen LogP contribution in [-0.2, 0) is 10.0 Å². The van der Waals surface area contributed by atoms with Crippen molar-refractivity contribution >= 4 is 26.0 Å². The third kappa shape index (κ3) is 5.06. The van der Waals surface area contributed by atoms with E-state index in [9.17, 15) is 8.42 Å². The first kappa shape index (κ1) is 16.9. The summed E-state index contributed by atoms with van der Waals surface area (Å²) in [6.45, 7) is 5.80. The summed E-state index contributed by atoms with van der Waals surface area (Å²) in [6, 6.07) is 6.89. The summed E-state index contributed by atoms with van der Waals surface area (Å²) >= 11 is 3.29. The van der Waals surface area contributed by atoms with Crippen molar-refractivity contribution in [2.24, 2.45) is 5.92 Å². The Labute approximate surface area is 136 Å². The summed E-state index contributed by atoms with van der Waals surface area (Å²) in [7, 11) is -3.44. The molecular weight excluding hydrogens is 352 g/mol. The first-order chi connectivity index (χ1) is 9.99. The zero-order valence-corrected chi connectivity index (χ0v) is 14.8. The Morgan fingerprint density at radius 2 is 1.90 bits per heavy atom. The lowest BCUT2D eigenvalue weighted by molar-refractivity contribution is 0.201. The summed E-state index contributed by atoms with van der Waals surface area (Å²) in [4.78, 5) is 2.73. The second-order valence-corrected chi connectivity index (χ2v) is 8.34. The van der Waals surface area contributed by atoms with Crippen molar-refractivity contribution in [2.75, 3.05) is 26.2 Å². The second kappa shape index (κ2) is 7.72. The minimum absolute atomic E-state index is 0.301. The molecule has 1 aromatic carbocycles. The van der Waals surface area contributed by atoms with E-state index in [2.05, 4.69) is 32.5 Å². The van der Waals surface area contributed by atoms with E-state index in [1.54, 1.807) is 18.2 Å². The number of hydrogen-bond acceptors (Lipinski definition) is 3. The topological polar surface area (TPSA) is 49.4 Å². The minimum Gasteiger partial charge on any atom is -0.303 e. The smallest absolute Gasteiger partial charge is 0.241 e. The zero-order valence-electron chi connectivity index (χ0n) is 12.4. The summed E-state index contributed by atoms with van der Waals surface area (Å²) < 4.78 is 27.9. The van der Waals surface area contributed by atoms with E-state index in [1.807, 2.05) is 6.07 Å². The van der Waals surface area contributed by atoms with Gasteiger partial charge in [0.05, 0.1) is 4.90 Å². The molecule has 21 heavy (non-hydrogen) atoms. The number of piperidine rings is 1. The average molecular weight is 375 g/mol. The molecule has 118 valence electrons. The molecule has 0 spiro atoms. The summed E-state index contributed by atoms with van der Waals surface area (Å²) in [5, 5.41) is 0. The van der Waals surface area contributed by atoms with E-state index in [4.69, 9.17) is 0 Å². The molecule has 1 N–H and O–H groups in total. The minimum atomic E-state index is -3.44. The van der Waals surface area contributed by atoms with Crippen LogP contribution in [0.2, 0.25) is 0 Å². The number of likely N-dealkylation sites (tertiary alicyclic amines) is 1. The summed E-state index contributed by atoms with van der Waals surface area (Å²) in [6.07, 6.45) is 3.84. The molecule has 1 atom stereocenters. The van der Waals surface area contributed by atoms with Gasteiger partial charge in [0.2, 0.25) is 10.0 Å². The van der Waals surface area contributed by atoms with E-state index in [1.165, 1.54) is 19.3 Å². The molecule has 0 aliphatic carbocycles. The predicted molar refractivity (Wildman–Crippen MR) is 88.8 cm³/mol. The average Bonchev–Trinajstić information content (AvgIpc) is 2.47. The third-order valence-corrected chi connectivity index (χ3v) is 6.20. The Bertz CT molecular complexity index is 557. The van der Waals surface area contributed by atoms with Crippen LogP contribution in [0.5, 0.6) is 0 Å². The van der Waals surface area contributed by atoms with Crippen molar-refractivity contribution in [2.45, 2.75) is 31.1 Å². The number of nitrogens with zero attached hydrogens (tertiary/aromatic N) is 1. The third-order valence-electron chi connectivity index (χ3n) is 3.77. The monoisotopic (exact) mass is 374 g/mol. The quantitative estimate of drug-likeness (QED) is 0.832. The Morgan fingerprint density at radius 1 is 1.24 bits per heavy atom. The van der Waals surface area contributed by atoms with Crippen LogP contribution in [0.15, 0.2) is 33.6 Å². The molecule has 0 radical (unpaired) electrons. The van der Waals surface area contributed by atoms with Crippen LogP contribution in [0.1, 0.15) is 26.2 Å². The second-order valence-electron chi connectivity index (χ2n) is 5.75. The molecule has 2 rings (SSSR count). The molecule has 1 heterocycles. The number of sulfonamides is 1. The number of nitrogens with one attached hydrogen (secondary N) is 1.